The first-order chi connectivity index (χ1) is 8.65. The van der Waals surface area contributed by atoms with Crippen molar-refractivity contribution in [2.75, 3.05) is 0 Å². The van der Waals surface area contributed by atoms with Crippen molar-refractivity contribution >= 4 is 23.5 Å². The second-order valence-electron chi connectivity index (χ2n) is 4.12. The largest absolute Gasteiger partial charge is 0.289 e. The molecule has 1 nitrogen and oxygen atoms in total. The highest BCUT2D eigenvalue weighted by atomic mass is 35.5. The molecule has 2 heteroatoms. The summed E-state index contributed by atoms with van der Waals surface area (Å²) in [6.45, 7) is 1.97. The molecule has 0 N–H and O–H groups in total. The summed E-state index contributed by atoms with van der Waals surface area (Å²) < 4.78 is 0. The minimum absolute atomic E-state index is 0.00123. The summed E-state index contributed by atoms with van der Waals surface area (Å²) in [5.41, 5.74) is 2.70. The molecule has 0 heterocycles. The molecular formula is C16H13ClO. The predicted molar refractivity (Wildman–Crippen MR) is 76.0 cm³/mol. The Hall–Kier alpha value is -1.86. The Kier molecular flexibility index (Phi) is 3.96. The number of rotatable bonds is 3. The van der Waals surface area contributed by atoms with E-state index in [2.05, 4.69) is 0 Å². The number of hydrogen-bond donors (Lipinski definition) is 0. The van der Waals surface area contributed by atoms with Gasteiger partial charge in [0.1, 0.15) is 0 Å². The lowest BCUT2D eigenvalue weighted by atomic mass is 10.1. The van der Waals surface area contributed by atoms with Crippen LogP contribution in [0.4, 0.5) is 0 Å². The van der Waals surface area contributed by atoms with Crippen molar-refractivity contribution in [3.63, 3.8) is 0 Å². The number of halogens is 1. The Morgan fingerprint density at radius 2 is 1.89 bits per heavy atom. The lowest BCUT2D eigenvalue weighted by Gasteiger charge is -1.98. The average molecular weight is 257 g/mol. The summed E-state index contributed by atoms with van der Waals surface area (Å²) in [6.07, 6.45) is 3.34. The van der Waals surface area contributed by atoms with Crippen molar-refractivity contribution < 1.29 is 4.79 Å². The van der Waals surface area contributed by atoms with Crippen LogP contribution in [0.5, 0.6) is 0 Å². The molecule has 0 saturated carbocycles. The van der Waals surface area contributed by atoms with E-state index in [0.717, 1.165) is 11.1 Å². The molecule has 90 valence electrons. The van der Waals surface area contributed by atoms with E-state index in [9.17, 15) is 4.79 Å². The summed E-state index contributed by atoms with van der Waals surface area (Å²) in [5, 5.41) is 0.667. The number of allylic oxidation sites excluding steroid dienone is 1. The number of aryl methyl sites for hydroxylation is 1. The van der Waals surface area contributed by atoms with Crippen molar-refractivity contribution in [3.05, 3.63) is 76.3 Å². The summed E-state index contributed by atoms with van der Waals surface area (Å²) in [4.78, 5) is 11.9. The molecule has 0 atom stereocenters. The molecule has 18 heavy (non-hydrogen) atoms. The van der Waals surface area contributed by atoms with E-state index in [1.807, 2.05) is 49.4 Å². The van der Waals surface area contributed by atoms with Gasteiger partial charge in [0, 0.05) is 10.6 Å². The number of ketones is 1. The minimum Gasteiger partial charge on any atom is -0.289 e. The van der Waals surface area contributed by atoms with Gasteiger partial charge < -0.3 is 0 Å². The van der Waals surface area contributed by atoms with Crippen LogP contribution in [0.15, 0.2) is 54.6 Å². The summed E-state index contributed by atoms with van der Waals surface area (Å²) in [6, 6.07) is 14.9. The van der Waals surface area contributed by atoms with Gasteiger partial charge in [-0.1, -0.05) is 53.6 Å². The topological polar surface area (TPSA) is 17.1 Å². The second-order valence-corrected chi connectivity index (χ2v) is 4.56. The first kappa shape index (κ1) is 12.6. The van der Waals surface area contributed by atoms with Crippen molar-refractivity contribution in [1.29, 1.82) is 0 Å². The Bertz CT molecular complexity index is 600. The van der Waals surface area contributed by atoms with Crippen molar-refractivity contribution in [3.8, 4) is 0 Å². The van der Waals surface area contributed by atoms with Crippen LogP contribution in [0.1, 0.15) is 21.5 Å². The Morgan fingerprint density at radius 3 is 2.61 bits per heavy atom. The number of benzene rings is 2. The van der Waals surface area contributed by atoms with Crippen LogP contribution in [0.25, 0.3) is 6.08 Å². The molecule has 0 aromatic heterocycles. The molecule has 0 spiro atoms. The second kappa shape index (κ2) is 5.65. The van der Waals surface area contributed by atoms with E-state index in [0.29, 0.717) is 10.6 Å². The lowest BCUT2D eigenvalue weighted by molar-refractivity contribution is 0.104. The monoisotopic (exact) mass is 256 g/mol. The normalized spacial score (nSPS) is 10.8. The lowest BCUT2D eigenvalue weighted by Crippen LogP contribution is -1.94. The molecule has 0 fully saturated rings. The van der Waals surface area contributed by atoms with Gasteiger partial charge in [0.25, 0.3) is 0 Å². The third kappa shape index (κ3) is 3.31. The zero-order valence-corrected chi connectivity index (χ0v) is 10.8. The first-order valence-electron chi connectivity index (χ1n) is 5.70. The SMILES string of the molecule is Cc1cccc(C(=O)/C=C\c2cccc(Cl)c2)c1. The third-order valence-corrected chi connectivity index (χ3v) is 2.81. The molecule has 0 aliphatic heterocycles. The Morgan fingerprint density at radius 1 is 1.11 bits per heavy atom. The number of carbonyl (C=O) groups excluding carboxylic acids is 1. The molecule has 0 aliphatic rings. The van der Waals surface area contributed by atoms with Crippen LogP contribution in [0, 0.1) is 6.92 Å². The summed E-state index contributed by atoms with van der Waals surface area (Å²) >= 11 is 5.88. The van der Waals surface area contributed by atoms with Crippen LogP contribution >= 0.6 is 11.6 Å². The highest BCUT2D eigenvalue weighted by molar-refractivity contribution is 6.30. The maximum Gasteiger partial charge on any atom is 0.185 e. The Balaban J connectivity index is 2.17. The molecule has 0 aliphatic carbocycles. The van der Waals surface area contributed by atoms with Crippen molar-refractivity contribution in [1.82, 2.24) is 0 Å². The van der Waals surface area contributed by atoms with Gasteiger partial charge in [-0.3, -0.25) is 4.79 Å². The average Bonchev–Trinajstić information content (AvgIpc) is 2.36. The van der Waals surface area contributed by atoms with Gasteiger partial charge in [-0.15, -0.1) is 0 Å². The van der Waals surface area contributed by atoms with Crippen LogP contribution < -0.4 is 0 Å². The van der Waals surface area contributed by atoms with Crippen LogP contribution in [-0.4, -0.2) is 5.78 Å². The fourth-order valence-corrected chi connectivity index (χ4v) is 1.88. The highest BCUT2D eigenvalue weighted by Gasteiger charge is 2.01. The Labute approximate surface area is 112 Å². The van der Waals surface area contributed by atoms with Gasteiger partial charge in [0.2, 0.25) is 0 Å². The molecule has 2 rings (SSSR count). The predicted octanol–water partition coefficient (Wildman–Crippen LogP) is 4.54. The first-order valence-corrected chi connectivity index (χ1v) is 6.07. The zero-order chi connectivity index (χ0) is 13.0. The van der Waals surface area contributed by atoms with E-state index in [-0.39, 0.29) is 5.78 Å². The summed E-state index contributed by atoms with van der Waals surface area (Å²) in [7, 11) is 0. The van der Waals surface area contributed by atoms with Crippen LogP contribution in [0.2, 0.25) is 5.02 Å². The molecule has 0 radical (unpaired) electrons. The number of hydrogen-bond acceptors (Lipinski definition) is 1. The quantitative estimate of drug-likeness (QED) is 0.582. The fraction of sp³-hybridized carbons (Fsp3) is 0.0625. The molecule has 0 bridgehead atoms. The highest BCUT2D eigenvalue weighted by Crippen LogP contribution is 2.13. The molecular weight excluding hydrogens is 244 g/mol. The van der Waals surface area contributed by atoms with Gasteiger partial charge in [0.05, 0.1) is 0 Å². The van der Waals surface area contributed by atoms with Gasteiger partial charge in [0.15, 0.2) is 5.78 Å². The van der Waals surface area contributed by atoms with E-state index in [1.54, 1.807) is 18.2 Å². The zero-order valence-electron chi connectivity index (χ0n) is 10.1. The molecule has 2 aromatic rings. The van der Waals surface area contributed by atoms with Gasteiger partial charge >= 0.3 is 0 Å². The van der Waals surface area contributed by atoms with Crippen molar-refractivity contribution in [2.24, 2.45) is 0 Å². The minimum atomic E-state index is -0.00123. The third-order valence-electron chi connectivity index (χ3n) is 2.58. The van der Waals surface area contributed by atoms with E-state index < -0.39 is 0 Å². The van der Waals surface area contributed by atoms with Crippen LogP contribution in [-0.2, 0) is 0 Å². The van der Waals surface area contributed by atoms with Gasteiger partial charge in [-0.2, -0.15) is 0 Å². The maximum absolute atomic E-state index is 11.9. The number of carbonyl (C=O) groups is 1. The maximum atomic E-state index is 11.9. The molecule has 0 saturated heterocycles. The van der Waals surface area contributed by atoms with E-state index >= 15 is 0 Å². The van der Waals surface area contributed by atoms with E-state index in [4.69, 9.17) is 11.6 Å². The standard InChI is InChI=1S/C16H13ClO/c1-12-4-2-6-14(10-12)16(18)9-8-13-5-3-7-15(17)11-13/h2-11H,1H3/b9-8-. The smallest absolute Gasteiger partial charge is 0.185 e. The van der Waals surface area contributed by atoms with E-state index in [1.165, 1.54) is 0 Å². The summed E-state index contributed by atoms with van der Waals surface area (Å²) in [5.74, 6) is -0.00123. The van der Waals surface area contributed by atoms with Gasteiger partial charge in [-0.25, -0.2) is 0 Å². The van der Waals surface area contributed by atoms with Gasteiger partial charge in [-0.05, 0) is 36.8 Å². The van der Waals surface area contributed by atoms with Crippen LogP contribution in [0.3, 0.4) is 0 Å². The fourth-order valence-electron chi connectivity index (χ4n) is 1.68. The molecule has 0 unspecified atom stereocenters. The molecule has 0 amide bonds. The molecule has 2 aromatic carbocycles. The van der Waals surface area contributed by atoms with Crippen molar-refractivity contribution in [2.45, 2.75) is 6.92 Å².